The fourth-order valence-electron chi connectivity index (χ4n) is 1.19. The number of hydrogen-bond acceptors (Lipinski definition) is 5. The van der Waals surface area contributed by atoms with E-state index in [-0.39, 0.29) is 25.6 Å². The number of hydrogen-bond donors (Lipinski definition) is 1. The quantitative estimate of drug-likeness (QED) is 0.615. The third-order valence-electron chi connectivity index (χ3n) is 1.99. The molecule has 1 fully saturated rings. The van der Waals surface area contributed by atoms with Crippen LogP contribution < -0.4 is 5.32 Å². The molecule has 0 saturated carbocycles. The molecule has 0 bridgehead atoms. The second kappa shape index (κ2) is 5.81. The summed E-state index contributed by atoms with van der Waals surface area (Å²) in [7, 11) is 1.27. The zero-order chi connectivity index (χ0) is 9.73. The van der Waals surface area contributed by atoms with Gasteiger partial charge in [0.1, 0.15) is 0 Å². The van der Waals surface area contributed by atoms with Crippen LogP contribution in [0.3, 0.4) is 0 Å². The van der Waals surface area contributed by atoms with Gasteiger partial charge >= 0.3 is 5.97 Å². The van der Waals surface area contributed by atoms with Crippen molar-refractivity contribution in [3.8, 4) is 6.07 Å². The van der Waals surface area contributed by atoms with Crippen LogP contribution in [0.25, 0.3) is 0 Å². The highest BCUT2D eigenvalue weighted by molar-refractivity contribution is 5.85. The molecule has 0 aromatic rings. The molecule has 1 heterocycles. The fourth-order valence-corrected chi connectivity index (χ4v) is 1.19. The van der Waals surface area contributed by atoms with Crippen LogP contribution in [0.5, 0.6) is 0 Å². The first-order valence-electron chi connectivity index (χ1n) is 4.03. The largest absolute Gasteiger partial charge is 0.468 e. The second-order valence-corrected chi connectivity index (χ2v) is 2.91. The molecule has 0 amide bonds. The first kappa shape index (κ1) is 13.2. The van der Waals surface area contributed by atoms with Gasteiger partial charge in [-0.15, -0.1) is 12.4 Å². The third-order valence-corrected chi connectivity index (χ3v) is 1.99. The van der Waals surface area contributed by atoms with Gasteiger partial charge in [-0.25, -0.2) is 0 Å². The maximum absolute atomic E-state index is 11.3. The van der Waals surface area contributed by atoms with Crippen molar-refractivity contribution in [1.82, 2.24) is 5.32 Å². The Hall–Kier alpha value is -0.830. The third kappa shape index (κ3) is 2.58. The van der Waals surface area contributed by atoms with E-state index < -0.39 is 11.4 Å². The average molecular weight is 221 g/mol. The minimum Gasteiger partial charge on any atom is -0.468 e. The van der Waals surface area contributed by atoms with Gasteiger partial charge in [-0.05, 0) is 0 Å². The molecule has 1 atom stereocenters. The van der Waals surface area contributed by atoms with E-state index in [9.17, 15) is 4.79 Å². The number of nitrogens with one attached hydrogen (secondary N) is 1. The molecule has 1 aliphatic rings. The van der Waals surface area contributed by atoms with Gasteiger partial charge in [-0.2, -0.15) is 5.26 Å². The number of rotatable bonds is 1. The molecular formula is C8H13ClN2O3. The van der Waals surface area contributed by atoms with Crippen molar-refractivity contribution in [1.29, 1.82) is 5.26 Å². The first-order valence-corrected chi connectivity index (χ1v) is 4.03. The Morgan fingerprint density at radius 1 is 1.71 bits per heavy atom. The highest BCUT2D eigenvalue weighted by atomic mass is 35.5. The maximum atomic E-state index is 11.3. The van der Waals surface area contributed by atoms with Gasteiger partial charge < -0.3 is 14.8 Å². The van der Waals surface area contributed by atoms with Crippen molar-refractivity contribution in [2.24, 2.45) is 5.41 Å². The van der Waals surface area contributed by atoms with Crippen LogP contribution in [0.2, 0.25) is 0 Å². The van der Waals surface area contributed by atoms with Crippen molar-refractivity contribution in [2.45, 2.75) is 0 Å². The lowest BCUT2D eigenvalue weighted by molar-refractivity contribution is -0.151. The van der Waals surface area contributed by atoms with Gasteiger partial charge in [0, 0.05) is 13.1 Å². The maximum Gasteiger partial charge on any atom is 0.329 e. The van der Waals surface area contributed by atoms with Gasteiger partial charge in [0.25, 0.3) is 0 Å². The number of nitriles is 1. The molecule has 0 spiro atoms. The summed E-state index contributed by atoms with van der Waals surface area (Å²) in [5.41, 5.74) is -1.18. The SMILES string of the molecule is COC(=O)C1(C#N)CNCCOC1.Cl. The van der Waals surface area contributed by atoms with Crippen LogP contribution >= 0.6 is 12.4 Å². The Labute approximate surface area is 88.8 Å². The summed E-state index contributed by atoms with van der Waals surface area (Å²) in [6.45, 7) is 1.56. The number of carbonyl (C=O) groups excluding carboxylic acids is 1. The van der Waals surface area contributed by atoms with Gasteiger partial charge in [0.05, 0.1) is 26.4 Å². The lowest BCUT2D eigenvalue weighted by atomic mass is 9.91. The summed E-state index contributed by atoms with van der Waals surface area (Å²) in [6, 6.07) is 1.95. The molecule has 0 radical (unpaired) electrons. The average Bonchev–Trinajstić information content (AvgIpc) is 2.42. The number of methoxy groups -OCH3 is 1. The molecule has 1 aliphatic heterocycles. The van der Waals surface area contributed by atoms with Crippen molar-refractivity contribution >= 4 is 18.4 Å². The van der Waals surface area contributed by atoms with Crippen molar-refractivity contribution in [3.63, 3.8) is 0 Å². The molecular weight excluding hydrogens is 208 g/mol. The number of ether oxygens (including phenoxy) is 2. The Bertz CT molecular complexity index is 231. The van der Waals surface area contributed by atoms with Crippen molar-refractivity contribution in [3.05, 3.63) is 0 Å². The van der Waals surface area contributed by atoms with E-state index in [1.54, 1.807) is 0 Å². The van der Waals surface area contributed by atoms with Gasteiger partial charge in [0.2, 0.25) is 0 Å². The lowest BCUT2D eigenvalue weighted by Crippen LogP contribution is -2.42. The van der Waals surface area contributed by atoms with E-state index in [0.717, 1.165) is 0 Å². The molecule has 1 rings (SSSR count). The summed E-state index contributed by atoms with van der Waals surface area (Å²) in [4.78, 5) is 11.3. The minimum absolute atomic E-state index is 0. The minimum atomic E-state index is -1.18. The molecule has 6 heteroatoms. The molecule has 80 valence electrons. The highest BCUT2D eigenvalue weighted by Crippen LogP contribution is 2.19. The van der Waals surface area contributed by atoms with E-state index in [2.05, 4.69) is 10.1 Å². The van der Waals surface area contributed by atoms with Crippen LogP contribution in [0.15, 0.2) is 0 Å². The summed E-state index contributed by atoms with van der Waals surface area (Å²) in [6.07, 6.45) is 0. The summed E-state index contributed by atoms with van der Waals surface area (Å²) in [5.74, 6) is -0.538. The molecule has 0 aromatic heterocycles. The number of esters is 1. The first-order chi connectivity index (χ1) is 6.25. The van der Waals surface area contributed by atoms with Crippen LogP contribution in [0.4, 0.5) is 0 Å². The summed E-state index contributed by atoms with van der Waals surface area (Å²) in [5, 5.41) is 11.9. The number of nitrogens with zero attached hydrogens (tertiary/aromatic N) is 1. The Kier molecular flexibility index (Phi) is 5.46. The number of halogens is 1. The molecule has 0 aromatic carbocycles. The predicted molar refractivity (Wildman–Crippen MR) is 51.0 cm³/mol. The Morgan fingerprint density at radius 3 is 3.00 bits per heavy atom. The van der Waals surface area contributed by atoms with Gasteiger partial charge in [-0.1, -0.05) is 0 Å². The van der Waals surface area contributed by atoms with E-state index in [1.807, 2.05) is 6.07 Å². The van der Waals surface area contributed by atoms with E-state index in [4.69, 9.17) is 10.00 Å². The van der Waals surface area contributed by atoms with E-state index in [0.29, 0.717) is 13.2 Å². The van der Waals surface area contributed by atoms with Crippen LogP contribution in [-0.2, 0) is 14.3 Å². The zero-order valence-corrected chi connectivity index (χ0v) is 8.73. The molecule has 5 nitrogen and oxygen atoms in total. The molecule has 1 saturated heterocycles. The van der Waals surface area contributed by atoms with Crippen molar-refractivity contribution < 1.29 is 14.3 Å². The second-order valence-electron chi connectivity index (χ2n) is 2.91. The normalized spacial score (nSPS) is 26.6. The van der Waals surface area contributed by atoms with Crippen LogP contribution in [0.1, 0.15) is 0 Å². The van der Waals surface area contributed by atoms with Crippen LogP contribution in [-0.4, -0.2) is 39.4 Å². The Balaban J connectivity index is 0.00000169. The lowest BCUT2D eigenvalue weighted by Gasteiger charge is -2.20. The van der Waals surface area contributed by atoms with Crippen LogP contribution in [0, 0.1) is 16.7 Å². The molecule has 0 aliphatic carbocycles. The smallest absolute Gasteiger partial charge is 0.329 e. The highest BCUT2D eigenvalue weighted by Gasteiger charge is 2.41. The van der Waals surface area contributed by atoms with Gasteiger partial charge in [0.15, 0.2) is 5.41 Å². The summed E-state index contributed by atoms with van der Waals surface area (Å²) >= 11 is 0. The van der Waals surface area contributed by atoms with E-state index >= 15 is 0 Å². The fraction of sp³-hybridized carbons (Fsp3) is 0.750. The monoisotopic (exact) mass is 220 g/mol. The van der Waals surface area contributed by atoms with E-state index in [1.165, 1.54) is 7.11 Å². The van der Waals surface area contributed by atoms with Gasteiger partial charge in [-0.3, -0.25) is 4.79 Å². The standard InChI is InChI=1S/C8H12N2O3.ClH/c1-12-7(11)8(4-9)5-10-2-3-13-6-8;/h10H,2-3,5-6H2,1H3;1H. The predicted octanol–water partition coefficient (Wildman–Crippen LogP) is -0.289. The number of carbonyl (C=O) groups is 1. The Morgan fingerprint density at radius 2 is 2.43 bits per heavy atom. The molecule has 1 unspecified atom stereocenters. The molecule has 1 N–H and O–H groups in total. The molecule has 14 heavy (non-hydrogen) atoms. The topological polar surface area (TPSA) is 71.4 Å². The van der Waals surface area contributed by atoms with Crippen molar-refractivity contribution in [2.75, 3.05) is 33.4 Å². The zero-order valence-electron chi connectivity index (χ0n) is 7.91. The summed E-state index contributed by atoms with van der Waals surface area (Å²) < 4.78 is 9.70.